The minimum atomic E-state index is -0.476. The van der Waals surface area contributed by atoms with Gasteiger partial charge in [-0.3, -0.25) is 14.9 Å². The Kier molecular flexibility index (Phi) is 3.20. The van der Waals surface area contributed by atoms with E-state index in [-0.39, 0.29) is 29.1 Å². The predicted octanol–water partition coefficient (Wildman–Crippen LogP) is 2.31. The Morgan fingerprint density at radius 2 is 2.00 bits per heavy atom. The molecule has 6 nitrogen and oxygen atoms in total. The van der Waals surface area contributed by atoms with Crippen molar-refractivity contribution < 1.29 is 9.72 Å². The van der Waals surface area contributed by atoms with Crippen LogP contribution in [0.3, 0.4) is 0 Å². The Balaban J connectivity index is 1.88. The van der Waals surface area contributed by atoms with Gasteiger partial charge in [-0.2, -0.15) is 0 Å². The minimum Gasteiger partial charge on any atom is -0.340 e. The molecule has 108 valence electrons. The lowest BCUT2D eigenvalue weighted by atomic mass is 10.0. The average molecular weight is 298 g/mol. The molecule has 2 aliphatic heterocycles. The van der Waals surface area contributed by atoms with Crippen LogP contribution < -0.4 is 0 Å². The zero-order chi connectivity index (χ0) is 14.4. The van der Waals surface area contributed by atoms with E-state index in [1.807, 2.05) is 4.90 Å². The number of hydrogen-bond donors (Lipinski definition) is 0. The molecule has 1 aromatic heterocycles. The van der Waals surface area contributed by atoms with E-state index in [4.69, 9.17) is 11.6 Å². The van der Waals surface area contributed by atoms with Crippen LogP contribution in [0.1, 0.15) is 36.2 Å². The predicted molar refractivity (Wildman–Crippen MR) is 73.9 cm³/mol. The minimum absolute atomic E-state index is 0.0459. The lowest BCUT2D eigenvalue weighted by Gasteiger charge is -2.37. The fourth-order valence-corrected chi connectivity index (χ4v) is 3.85. The molecule has 20 heavy (non-hydrogen) atoms. The second-order valence-corrected chi connectivity index (χ2v) is 6.23. The van der Waals surface area contributed by atoms with Crippen LogP contribution in [0.25, 0.3) is 0 Å². The highest BCUT2D eigenvalue weighted by Crippen LogP contribution is 2.38. The van der Waals surface area contributed by atoms with Crippen LogP contribution in [0, 0.1) is 10.1 Å². The number of nitrogens with zero attached hydrogens (tertiary/aromatic N) is 3. The smallest absolute Gasteiger partial charge is 0.287 e. The topological polar surface area (TPSA) is 68.4 Å². The maximum absolute atomic E-state index is 12.7. The summed E-state index contributed by atoms with van der Waals surface area (Å²) >= 11 is 6.21. The van der Waals surface area contributed by atoms with Crippen molar-refractivity contribution >= 4 is 23.2 Å². The van der Waals surface area contributed by atoms with Crippen LogP contribution in [-0.2, 0) is 7.05 Å². The van der Waals surface area contributed by atoms with E-state index in [1.54, 1.807) is 7.05 Å². The third-order valence-electron chi connectivity index (χ3n) is 4.33. The molecule has 2 fully saturated rings. The van der Waals surface area contributed by atoms with Crippen molar-refractivity contribution in [2.45, 2.75) is 43.1 Å². The van der Waals surface area contributed by atoms with Crippen LogP contribution >= 0.6 is 11.6 Å². The van der Waals surface area contributed by atoms with Crippen molar-refractivity contribution in [1.82, 2.24) is 9.47 Å². The number of halogens is 1. The highest BCUT2D eigenvalue weighted by atomic mass is 35.5. The van der Waals surface area contributed by atoms with E-state index < -0.39 is 4.92 Å². The lowest BCUT2D eigenvalue weighted by molar-refractivity contribution is -0.384. The molecular weight excluding hydrogens is 282 g/mol. The fourth-order valence-electron chi connectivity index (χ4n) is 3.43. The van der Waals surface area contributed by atoms with Crippen LogP contribution in [-0.4, -0.2) is 37.8 Å². The number of amides is 1. The highest BCUT2D eigenvalue weighted by Gasteiger charge is 2.43. The first kappa shape index (κ1) is 13.4. The molecule has 7 heteroatoms. The number of nitro groups is 1. The molecule has 3 heterocycles. The fraction of sp³-hybridized carbons (Fsp3) is 0.615. The van der Waals surface area contributed by atoms with Gasteiger partial charge in [-0.1, -0.05) is 0 Å². The van der Waals surface area contributed by atoms with Gasteiger partial charge in [-0.25, -0.2) is 0 Å². The number of carbonyl (C=O) groups excluding carboxylic acids is 1. The van der Waals surface area contributed by atoms with Gasteiger partial charge in [0.05, 0.1) is 11.1 Å². The van der Waals surface area contributed by atoms with E-state index in [9.17, 15) is 14.9 Å². The molecule has 0 aliphatic carbocycles. The number of aromatic nitrogens is 1. The van der Waals surface area contributed by atoms with Gasteiger partial charge in [0, 0.05) is 30.6 Å². The first-order valence-electron chi connectivity index (χ1n) is 6.75. The molecule has 1 aromatic rings. The first-order chi connectivity index (χ1) is 9.47. The van der Waals surface area contributed by atoms with Gasteiger partial charge in [-0.05, 0) is 25.7 Å². The van der Waals surface area contributed by atoms with Crippen molar-refractivity contribution in [2.75, 3.05) is 0 Å². The van der Waals surface area contributed by atoms with E-state index in [1.165, 1.54) is 16.8 Å². The molecule has 2 unspecified atom stereocenters. The third-order valence-corrected chi connectivity index (χ3v) is 4.69. The number of rotatable bonds is 2. The molecular formula is C13H16ClN3O3. The maximum Gasteiger partial charge on any atom is 0.287 e. The molecule has 0 saturated carbocycles. The Bertz CT molecular complexity index is 557. The molecule has 3 rings (SSSR count). The number of alkyl halides is 1. The number of hydrogen-bond acceptors (Lipinski definition) is 3. The molecule has 2 bridgehead atoms. The van der Waals surface area contributed by atoms with Gasteiger partial charge in [0.15, 0.2) is 0 Å². The van der Waals surface area contributed by atoms with Gasteiger partial charge < -0.3 is 9.47 Å². The zero-order valence-corrected chi connectivity index (χ0v) is 11.9. The van der Waals surface area contributed by atoms with E-state index in [2.05, 4.69) is 0 Å². The standard InChI is InChI=1S/C13H16ClN3O3/c1-15-7-11(17(19)20)6-12(15)13(18)16-9-2-3-10(16)5-8(14)4-9/h6-10H,2-5H2,1H3. The van der Waals surface area contributed by atoms with Gasteiger partial charge in [0.2, 0.25) is 0 Å². The quantitative estimate of drug-likeness (QED) is 0.478. The van der Waals surface area contributed by atoms with Crippen LogP contribution in [0.4, 0.5) is 5.69 Å². The van der Waals surface area contributed by atoms with Crippen molar-refractivity contribution in [3.63, 3.8) is 0 Å². The Hall–Kier alpha value is -1.56. The van der Waals surface area contributed by atoms with Gasteiger partial charge in [-0.15, -0.1) is 11.6 Å². The number of fused-ring (bicyclic) bond motifs is 2. The van der Waals surface area contributed by atoms with Crippen LogP contribution in [0.5, 0.6) is 0 Å². The second kappa shape index (κ2) is 4.77. The summed E-state index contributed by atoms with van der Waals surface area (Å²) in [6.45, 7) is 0. The van der Waals surface area contributed by atoms with E-state index >= 15 is 0 Å². The summed E-state index contributed by atoms with van der Waals surface area (Å²) in [6, 6.07) is 1.71. The maximum atomic E-state index is 12.7. The van der Waals surface area contributed by atoms with Gasteiger partial charge in [0.1, 0.15) is 5.69 Å². The number of carbonyl (C=O) groups is 1. The summed E-state index contributed by atoms with van der Waals surface area (Å²) < 4.78 is 1.53. The summed E-state index contributed by atoms with van der Waals surface area (Å²) in [4.78, 5) is 24.9. The summed E-state index contributed by atoms with van der Waals surface area (Å²) in [5, 5.41) is 10.9. The molecule has 0 N–H and O–H groups in total. The molecule has 2 aliphatic rings. The summed E-state index contributed by atoms with van der Waals surface area (Å²) in [5.41, 5.74) is 0.331. The Morgan fingerprint density at radius 1 is 1.40 bits per heavy atom. The van der Waals surface area contributed by atoms with Crippen molar-refractivity contribution in [2.24, 2.45) is 7.05 Å². The monoisotopic (exact) mass is 297 g/mol. The SMILES string of the molecule is Cn1cc([N+](=O)[O-])cc1C(=O)N1C2CCC1CC(Cl)C2. The Labute approximate surface area is 121 Å². The van der Waals surface area contributed by atoms with Gasteiger partial charge >= 0.3 is 0 Å². The molecule has 1 amide bonds. The van der Waals surface area contributed by atoms with Gasteiger partial charge in [0.25, 0.3) is 11.6 Å². The van der Waals surface area contributed by atoms with E-state index in [0.29, 0.717) is 5.69 Å². The van der Waals surface area contributed by atoms with Crippen molar-refractivity contribution in [3.05, 3.63) is 28.1 Å². The molecule has 2 atom stereocenters. The molecule has 0 spiro atoms. The highest BCUT2D eigenvalue weighted by molar-refractivity contribution is 6.20. The van der Waals surface area contributed by atoms with Crippen LogP contribution in [0.15, 0.2) is 12.3 Å². The normalized spacial score (nSPS) is 28.7. The number of piperidine rings is 1. The Morgan fingerprint density at radius 3 is 2.50 bits per heavy atom. The lowest BCUT2D eigenvalue weighted by Crippen LogP contribution is -2.47. The molecule has 0 aromatic carbocycles. The third kappa shape index (κ3) is 2.08. The second-order valence-electron chi connectivity index (χ2n) is 5.62. The molecule has 2 saturated heterocycles. The van der Waals surface area contributed by atoms with Crippen molar-refractivity contribution in [3.8, 4) is 0 Å². The summed E-state index contributed by atoms with van der Waals surface area (Å²) in [7, 11) is 1.66. The number of aryl methyl sites for hydroxylation is 1. The zero-order valence-electron chi connectivity index (χ0n) is 11.2. The van der Waals surface area contributed by atoms with Crippen molar-refractivity contribution in [1.29, 1.82) is 0 Å². The van der Waals surface area contributed by atoms with E-state index in [0.717, 1.165) is 25.7 Å². The molecule has 0 radical (unpaired) electrons. The largest absolute Gasteiger partial charge is 0.340 e. The van der Waals surface area contributed by atoms with Crippen LogP contribution in [0.2, 0.25) is 0 Å². The first-order valence-corrected chi connectivity index (χ1v) is 7.18. The summed E-state index contributed by atoms with van der Waals surface area (Å²) in [6.07, 6.45) is 4.97. The summed E-state index contributed by atoms with van der Waals surface area (Å²) in [5.74, 6) is -0.114. The average Bonchev–Trinajstić information content (AvgIpc) is 2.88.